The van der Waals surface area contributed by atoms with Crippen molar-refractivity contribution in [2.45, 2.75) is 18.8 Å². The number of nitrogens with zero attached hydrogens (tertiary/aromatic N) is 2. The van der Waals surface area contributed by atoms with Crippen LogP contribution in [0.3, 0.4) is 0 Å². The molecule has 3 heterocycles. The SMILES string of the molecule is Nc1ccn2c(C3CCCNC3)nc(C(=O)O)c2c1. The Bertz CT molecular complexity index is 629. The van der Waals surface area contributed by atoms with Crippen LogP contribution in [0.15, 0.2) is 18.3 Å². The number of hydrogen-bond donors (Lipinski definition) is 3. The highest BCUT2D eigenvalue weighted by atomic mass is 16.4. The van der Waals surface area contributed by atoms with Gasteiger partial charge in [-0.2, -0.15) is 0 Å². The zero-order valence-corrected chi connectivity index (χ0v) is 10.5. The van der Waals surface area contributed by atoms with Crippen LogP contribution in [-0.2, 0) is 0 Å². The van der Waals surface area contributed by atoms with Crippen molar-refractivity contribution >= 4 is 17.2 Å². The molecule has 0 spiro atoms. The summed E-state index contributed by atoms with van der Waals surface area (Å²) < 4.78 is 1.84. The van der Waals surface area contributed by atoms with Crippen LogP contribution < -0.4 is 11.1 Å². The van der Waals surface area contributed by atoms with Crippen LogP contribution in [0.1, 0.15) is 35.1 Å². The van der Waals surface area contributed by atoms with Gasteiger partial charge in [0.25, 0.3) is 0 Å². The minimum absolute atomic E-state index is 0.0767. The highest BCUT2D eigenvalue weighted by Gasteiger charge is 2.24. The molecule has 1 fully saturated rings. The van der Waals surface area contributed by atoms with E-state index in [-0.39, 0.29) is 11.6 Å². The normalized spacial score (nSPS) is 19.7. The van der Waals surface area contributed by atoms with Gasteiger partial charge in [-0.15, -0.1) is 0 Å². The van der Waals surface area contributed by atoms with E-state index in [0.29, 0.717) is 11.2 Å². The predicted octanol–water partition coefficient (Wildman–Crippen LogP) is 1.08. The Labute approximate surface area is 110 Å². The van der Waals surface area contributed by atoms with Gasteiger partial charge < -0.3 is 20.6 Å². The number of hydrogen-bond acceptors (Lipinski definition) is 4. The van der Waals surface area contributed by atoms with Gasteiger partial charge in [-0.25, -0.2) is 9.78 Å². The fourth-order valence-electron chi connectivity index (χ4n) is 2.64. The average Bonchev–Trinajstić information content (AvgIpc) is 2.78. The van der Waals surface area contributed by atoms with Crippen LogP contribution in [0.2, 0.25) is 0 Å². The van der Waals surface area contributed by atoms with Gasteiger partial charge in [-0.1, -0.05) is 0 Å². The summed E-state index contributed by atoms with van der Waals surface area (Å²) in [4.78, 5) is 15.6. The summed E-state index contributed by atoms with van der Waals surface area (Å²) in [6, 6.07) is 3.43. The fraction of sp³-hybridized carbons (Fsp3) is 0.385. The summed E-state index contributed by atoms with van der Waals surface area (Å²) in [6.45, 7) is 1.85. The number of imidazole rings is 1. The maximum absolute atomic E-state index is 11.3. The summed E-state index contributed by atoms with van der Waals surface area (Å²) in [7, 11) is 0. The molecule has 0 aromatic carbocycles. The molecule has 0 bridgehead atoms. The van der Waals surface area contributed by atoms with Crippen LogP contribution >= 0.6 is 0 Å². The second-order valence-electron chi connectivity index (χ2n) is 4.88. The molecule has 1 saturated heterocycles. The van der Waals surface area contributed by atoms with Crippen molar-refractivity contribution < 1.29 is 9.90 Å². The molecule has 2 aromatic rings. The molecule has 4 N–H and O–H groups in total. The van der Waals surface area contributed by atoms with E-state index < -0.39 is 5.97 Å². The van der Waals surface area contributed by atoms with Crippen LogP contribution in [-0.4, -0.2) is 33.6 Å². The van der Waals surface area contributed by atoms with E-state index in [1.165, 1.54) is 0 Å². The van der Waals surface area contributed by atoms with E-state index in [4.69, 9.17) is 5.73 Å². The molecule has 1 aliphatic rings. The Kier molecular flexibility index (Phi) is 2.87. The molecule has 0 saturated carbocycles. The topological polar surface area (TPSA) is 92.7 Å². The lowest BCUT2D eigenvalue weighted by Crippen LogP contribution is -2.29. The number of aromatic carboxylic acids is 1. The van der Waals surface area contributed by atoms with Gasteiger partial charge in [0.15, 0.2) is 5.69 Å². The van der Waals surface area contributed by atoms with Gasteiger partial charge >= 0.3 is 5.97 Å². The molecule has 6 heteroatoms. The van der Waals surface area contributed by atoms with Crippen LogP contribution in [0.25, 0.3) is 5.52 Å². The summed E-state index contributed by atoms with van der Waals surface area (Å²) in [5.74, 6) is 0.0377. The van der Waals surface area contributed by atoms with Crippen molar-refractivity contribution in [2.75, 3.05) is 18.8 Å². The highest BCUT2D eigenvalue weighted by Crippen LogP contribution is 2.26. The second-order valence-corrected chi connectivity index (χ2v) is 4.88. The number of anilines is 1. The van der Waals surface area contributed by atoms with E-state index in [2.05, 4.69) is 10.3 Å². The number of nitrogens with one attached hydrogen (secondary N) is 1. The lowest BCUT2D eigenvalue weighted by Gasteiger charge is -2.21. The Balaban J connectivity index is 2.16. The average molecular weight is 260 g/mol. The molecule has 1 unspecified atom stereocenters. The largest absolute Gasteiger partial charge is 0.476 e. The van der Waals surface area contributed by atoms with Crippen molar-refractivity contribution in [3.63, 3.8) is 0 Å². The minimum Gasteiger partial charge on any atom is -0.476 e. The Morgan fingerprint density at radius 2 is 2.42 bits per heavy atom. The van der Waals surface area contributed by atoms with Gasteiger partial charge in [0.05, 0.1) is 5.52 Å². The Hall–Kier alpha value is -2.08. The summed E-state index contributed by atoms with van der Waals surface area (Å²) in [6.07, 6.45) is 3.90. The maximum atomic E-state index is 11.3. The quantitative estimate of drug-likeness (QED) is 0.751. The molecule has 1 atom stereocenters. The lowest BCUT2D eigenvalue weighted by molar-refractivity contribution is 0.0693. The molecule has 100 valence electrons. The first-order chi connectivity index (χ1) is 9.16. The highest BCUT2D eigenvalue weighted by molar-refractivity contribution is 5.94. The third-order valence-electron chi connectivity index (χ3n) is 3.56. The molecular weight excluding hydrogens is 244 g/mol. The predicted molar refractivity (Wildman–Crippen MR) is 71.4 cm³/mol. The minimum atomic E-state index is -1.02. The van der Waals surface area contributed by atoms with Crippen LogP contribution in [0, 0.1) is 0 Å². The van der Waals surface area contributed by atoms with Gasteiger partial charge in [0.2, 0.25) is 0 Å². The molecule has 0 aliphatic carbocycles. The first kappa shape index (κ1) is 12.0. The molecule has 6 nitrogen and oxygen atoms in total. The second kappa shape index (κ2) is 4.55. The van der Waals surface area contributed by atoms with Gasteiger partial charge in [0.1, 0.15) is 5.82 Å². The zero-order chi connectivity index (χ0) is 13.4. The molecular formula is C13H16N4O2. The molecule has 3 rings (SSSR count). The first-order valence-electron chi connectivity index (χ1n) is 6.38. The molecule has 19 heavy (non-hydrogen) atoms. The first-order valence-corrected chi connectivity index (χ1v) is 6.38. The summed E-state index contributed by atoms with van der Waals surface area (Å²) >= 11 is 0. The van der Waals surface area contributed by atoms with E-state index in [0.717, 1.165) is 31.8 Å². The number of aromatic nitrogens is 2. The Morgan fingerprint density at radius 1 is 1.58 bits per heavy atom. The van der Waals surface area contributed by atoms with Crippen molar-refractivity contribution in [1.82, 2.24) is 14.7 Å². The van der Waals surface area contributed by atoms with Crippen LogP contribution in [0.5, 0.6) is 0 Å². The van der Waals surface area contributed by atoms with Crippen molar-refractivity contribution in [1.29, 1.82) is 0 Å². The smallest absolute Gasteiger partial charge is 0.356 e. The summed E-state index contributed by atoms with van der Waals surface area (Å²) in [5, 5.41) is 12.6. The van der Waals surface area contributed by atoms with Crippen molar-refractivity contribution in [2.24, 2.45) is 0 Å². The van der Waals surface area contributed by atoms with Crippen LogP contribution in [0.4, 0.5) is 5.69 Å². The van der Waals surface area contributed by atoms with Gasteiger partial charge in [-0.3, -0.25) is 0 Å². The third-order valence-corrected chi connectivity index (χ3v) is 3.56. The number of carbonyl (C=O) groups is 1. The van der Waals surface area contributed by atoms with E-state index >= 15 is 0 Å². The number of carboxylic acid groups (broad SMARTS) is 1. The molecule has 0 radical (unpaired) electrons. The standard InChI is InChI=1S/C13H16N4O2/c14-9-3-5-17-10(6-9)11(13(18)19)16-12(17)8-2-1-4-15-7-8/h3,5-6,8,15H,1-2,4,7,14H2,(H,18,19). The number of nitrogens with two attached hydrogens (primary N) is 1. The number of rotatable bonds is 2. The molecule has 2 aromatic heterocycles. The summed E-state index contributed by atoms with van der Waals surface area (Å²) in [5.41, 5.74) is 6.92. The lowest BCUT2D eigenvalue weighted by atomic mass is 9.99. The van der Waals surface area contributed by atoms with Crippen molar-refractivity contribution in [3.8, 4) is 0 Å². The number of piperidine rings is 1. The monoisotopic (exact) mass is 260 g/mol. The Morgan fingerprint density at radius 3 is 3.11 bits per heavy atom. The number of pyridine rings is 1. The zero-order valence-electron chi connectivity index (χ0n) is 10.5. The van der Waals surface area contributed by atoms with Gasteiger partial charge in [-0.05, 0) is 31.5 Å². The van der Waals surface area contributed by atoms with E-state index in [9.17, 15) is 9.90 Å². The van der Waals surface area contributed by atoms with Gasteiger partial charge in [0, 0.05) is 24.3 Å². The number of nitrogen functional groups attached to an aromatic ring is 1. The molecule has 1 aliphatic heterocycles. The number of fused-ring (bicyclic) bond motifs is 1. The third kappa shape index (κ3) is 2.04. The fourth-order valence-corrected chi connectivity index (χ4v) is 2.64. The van der Waals surface area contributed by atoms with E-state index in [1.54, 1.807) is 18.3 Å². The number of carboxylic acids is 1. The van der Waals surface area contributed by atoms with Crippen molar-refractivity contribution in [3.05, 3.63) is 29.8 Å². The van der Waals surface area contributed by atoms with E-state index in [1.807, 2.05) is 4.40 Å². The maximum Gasteiger partial charge on any atom is 0.356 e. The molecule has 0 amide bonds.